The summed E-state index contributed by atoms with van der Waals surface area (Å²) in [5, 5.41) is 5.32. The summed E-state index contributed by atoms with van der Waals surface area (Å²) in [4.78, 5) is 7.35. The van der Waals surface area contributed by atoms with Crippen LogP contribution >= 0.6 is 46.2 Å². The van der Waals surface area contributed by atoms with Crippen LogP contribution in [0, 0.1) is 46.0 Å². The van der Waals surface area contributed by atoms with Crippen molar-refractivity contribution in [2.45, 2.75) is 103 Å². The van der Waals surface area contributed by atoms with Gasteiger partial charge in [-0.1, -0.05) is 121 Å². The van der Waals surface area contributed by atoms with E-state index in [-0.39, 0.29) is 34.3 Å². The predicted octanol–water partition coefficient (Wildman–Crippen LogP) is 13.0. The van der Waals surface area contributed by atoms with Gasteiger partial charge in [-0.2, -0.15) is 9.13 Å². The van der Waals surface area contributed by atoms with E-state index in [4.69, 9.17) is 0 Å². The van der Waals surface area contributed by atoms with Crippen molar-refractivity contribution in [3.63, 3.8) is 0 Å². The van der Waals surface area contributed by atoms with Gasteiger partial charge in [-0.05, 0) is 184 Å². The van der Waals surface area contributed by atoms with E-state index in [0.717, 1.165) is 37.8 Å². The van der Waals surface area contributed by atoms with Crippen LogP contribution in [0.5, 0.6) is 0 Å². The Morgan fingerprint density at radius 1 is 0.632 bits per heavy atom. The Morgan fingerprint density at radius 2 is 1.12 bits per heavy atom. The van der Waals surface area contributed by atoms with Crippen molar-refractivity contribution in [2.24, 2.45) is 25.4 Å². The molecule has 1 unspecified atom stereocenters. The molecule has 0 amide bonds. The number of thiazole rings is 2. The SMILES string of the molecule is CCN1C(=CC2=CC(=Cc3sc4cc(C)ccc4[n+]3C)CC(C)(C)C2)Sc2cc(C)ccc21.Cc1ccc(S(=O)(=O)[O-])cc1.Cc1ccc2c(c1)SC(=CC1=CC(=Cc3sc4cc(C)ccc4[n+]3C)CC(C)C1)N2C.[I-]. The van der Waals surface area contributed by atoms with Gasteiger partial charge in [0.25, 0.3) is 10.0 Å². The van der Waals surface area contributed by atoms with E-state index >= 15 is 0 Å². The predicted molar refractivity (Wildman–Crippen MR) is 320 cm³/mol. The lowest BCUT2D eigenvalue weighted by atomic mass is 9.75. The van der Waals surface area contributed by atoms with Gasteiger partial charge in [0.05, 0.1) is 26.3 Å². The maximum absolute atomic E-state index is 10.4. The zero-order valence-electron chi connectivity index (χ0n) is 45.7. The van der Waals surface area contributed by atoms with Crippen LogP contribution in [0.2, 0.25) is 0 Å². The monoisotopic (exact) mass is 1220 g/mol. The minimum absolute atomic E-state index is 0. The topological polar surface area (TPSA) is 71.4 Å². The zero-order valence-corrected chi connectivity index (χ0v) is 52.0. The number of aromatic nitrogens is 2. The van der Waals surface area contributed by atoms with Crippen molar-refractivity contribution >= 4 is 100 Å². The number of hydrogen-bond acceptors (Lipinski definition) is 9. The van der Waals surface area contributed by atoms with Crippen LogP contribution in [0.3, 0.4) is 0 Å². The van der Waals surface area contributed by atoms with Gasteiger partial charge in [-0.25, -0.2) is 8.42 Å². The zero-order chi connectivity index (χ0) is 53.5. The Kier molecular flexibility index (Phi) is 17.9. The van der Waals surface area contributed by atoms with Crippen LogP contribution in [-0.2, 0) is 24.2 Å². The molecular weight excluding hydrogens is 1150 g/mol. The third kappa shape index (κ3) is 13.4. The number of benzene rings is 5. The first-order chi connectivity index (χ1) is 35.6. The normalized spacial score (nSPS) is 19.0. The van der Waals surface area contributed by atoms with Crippen LogP contribution in [0.15, 0.2) is 168 Å². The summed E-state index contributed by atoms with van der Waals surface area (Å²) in [6.07, 6.45) is 19.0. The highest BCUT2D eigenvalue weighted by Crippen LogP contribution is 2.49. The van der Waals surface area contributed by atoms with Crippen molar-refractivity contribution in [3.8, 4) is 0 Å². The lowest BCUT2D eigenvalue weighted by molar-refractivity contribution is -0.642. The lowest BCUT2D eigenvalue weighted by Gasteiger charge is -2.31. The van der Waals surface area contributed by atoms with Gasteiger partial charge in [0, 0.05) is 47.7 Å². The molecule has 0 N–H and O–H groups in total. The fourth-order valence-corrected chi connectivity index (χ4v) is 15.8. The van der Waals surface area contributed by atoms with Crippen molar-refractivity contribution in [1.29, 1.82) is 0 Å². The fraction of sp³-hybridized carbons (Fsp3) is 0.302. The summed E-state index contributed by atoms with van der Waals surface area (Å²) < 4.78 is 38.6. The standard InChI is InChI=1S/C29H33N2S2.C27H29N2S2.C7H8O3S.HI/c1-7-31-24-11-9-20(3)13-26(24)33-28(31)16-22-14-21(17-29(4,5)18-22)15-27-30(6)23-10-8-19(2)12-25(23)32-27;1-17-6-8-22-24(12-17)30-26(28(22)4)15-20-10-19(3)11-21(14-20)16-27-29(5)23-9-7-18(2)13-25(23)31-27;1-6-2-4-7(5-3-6)11(8,9)10;/h8-16H,7,17-18H2,1-6H3;6-9,12-16,19H,10-11H2,1-5H3;2-5H,1H3,(H,8,9,10);1H/q2*+1;;/p-2. The van der Waals surface area contributed by atoms with Gasteiger partial charge in [0.1, 0.15) is 33.6 Å². The van der Waals surface area contributed by atoms with Crippen LogP contribution in [-0.4, -0.2) is 26.6 Å². The molecule has 4 heterocycles. The Balaban J connectivity index is 0.000000167. The molecule has 396 valence electrons. The molecule has 4 aliphatic rings. The smallest absolute Gasteiger partial charge is 0.262 e. The van der Waals surface area contributed by atoms with Gasteiger partial charge in [0.15, 0.2) is 0 Å². The average Bonchev–Trinajstić information content (AvgIpc) is 4.04. The van der Waals surface area contributed by atoms with Gasteiger partial charge in [0.2, 0.25) is 11.0 Å². The Bertz CT molecular complexity index is 3670. The number of aryl methyl sites for hydroxylation is 7. The van der Waals surface area contributed by atoms with Crippen LogP contribution < -0.4 is 42.9 Å². The van der Waals surface area contributed by atoms with Crippen LogP contribution in [0.4, 0.5) is 11.4 Å². The van der Waals surface area contributed by atoms with Crippen molar-refractivity contribution in [2.75, 3.05) is 23.4 Å². The first-order valence-electron chi connectivity index (χ1n) is 25.7. The third-order valence-electron chi connectivity index (χ3n) is 14.1. The minimum Gasteiger partial charge on any atom is -1.00 e. The van der Waals surface area contributed by atoms with Gasteiger partial charge < -0.3 is 38.3 Å². The molecule has 2 aliphatic carbocycles. The van der Waals surface area contributed by atoms with Crippen molar-refractivity contribution < 1.29 is 46.1 Å². The molecule has 0 saturated carbocycles. The summed E-state index contributed by atoms with van der Waals surface area (Å²) in [6, 6.07) is 32.8. The van der Waals surface area contributed by atoms with E-state index in [1.807, 2.05) is 53.1 Å². The number of hydrogen-bond donors (Lipinski definition) is 0. The average molecular weight is 1220 g/mol. The molecule has 0 radical (unpaired) electrons. The molecule has 13 heteroatoms. The summed E-state index contributed by atoms with van der Waals surface area (Å²) in [7, 11) is 2.29. The van der Waals surface area contributed by atoms with Crippen LogP contribution in [0.25, 0.3) is 32.6 Å². The molecule has 11 rings (SSSR count). The lowest BCUT2D eigenvalue weighted by Crippen LogP contribution is -3.00. The minimum atomic E-state index is -4.27. The second kappa shape index (κ2) is 23.7. The molecule has 0 fully saturated rings. The first-order valence-corrected chi connectivity index (χ1v) is 30.4. The molecule has 2 aromatic heterocycles. The van der Waals surface area contributed by atoms with Gasteiger partial charge in [-0.3, -0.25) is 0 Å². The number of fused-ring (bicyclic) bond motifs is 4. The van der Waals surface area contributed by atoms with Gasteiger partial charge >= 0.3 is 0 Å². The van der Waals surface area contributed by atoms with E-state index in [2.05, 4.69) is 205 Å². The second-order valence-electron chi connectivity index (χ2n) is 21.5. The number of nitrogens with zero attached hydrogens (tertiary/aromatic N) is 4. The highest BCUT2D eigenvalue weighted by atomic mass is 127. The highest BCUT2D eigenvalue weighted by molar-refractivity contribution is 8.04. The maximum atomic E-state index is 10.4. The molecule has 5 aromatic carbocycles. The summed E-state index contributed by atoms with van der Waals surface area (Å²) in [5.41, 5.74) is 17.5. The van der Waals surface area contributed by atoms with E-state index < -0.39 is 10.1 Å². The molecule has 76 heavy (non-hydrogen) atoms. The highest BCUT2D eigenvalue weighted by Gasteiger charge is 2.30. The maximum Gasteiger partial charge on any atom is 0.262 e. The molecule has 0 spiro atoms. The number of halogens is 1. The van der Waals surface area contributed by atoms with E-state index in [1.165, 1.54) is 118 Å². The Hall–Kier alpha value is -4.74. The summed E-state index contributed by atoms with van der Waals surface area (Å²) >= 11 is 7.59. The summed E-state index contributed by atoms with van der Waals surface area (Å²) in [5.74, 6) is 0.659. The Morgan fingerprint density at radius 3 is 1.70 bits per heavy atom. The van der Waals surface area contributed by atoms with Crippen molar-refractivity contribution in [3.05, 3.63) is 192 Å². The molecule has 2 aliphatic heterocycles. The number of anilines is 2. The fourth-order valence-electron chi connectivity index (χ4n) is 10.3. The molecular formula is C63H69IN4O3S5. The molecule has 0 saturated heterocycles. The van der Waals surface area contributed by atoms with E-state index in [9.17, 15) is 13.0 Å². The van der Waals surface area contributed by atoms with Gasteiger partial charge in [-0.15, -0.1) is 0 Å². The largest absolute Gasteiger partial charge is 1.00 e. The molecule has 0 bridgehead atoms. The molecule has 7 nitrogen and oxygen atoms in total. The molecule has 7 aromatic rings. The Labute approximate surface area is 485 Å². The number of rotatable bonds is 6. The van der Waals surface area contributed by atoms with E-state index in [0.29, 0.717) is 5.92 Å². The second-order valence-corrected chi connectivity index (χ2v) is 27.2. The molecule has 1 atom stereocenters. The van der Waals surface area contributed by atoms with Crippen LogP contribution in [0.1, 0.15) is 91.2 Å². The third-order valence-corrected chi connectivity index (χ3v) is 19.5. The quantitative estimate of drug-likeness (QED) is 0.0933. The first kappa shape index (κ1) is 57.4. The number of allylic oxidation sites excluding steroid dienone is 8. The van der Waals surface area contributed by atoms with Crippen molar-refractivity contribution in [1.82, 2.24) is 0 Å². The van der Waals surface area contributed by atoms with E-state index in [1.54, 1.807) is 12.1 Å². The summed E-state index contributed by atoms with van der Waals surface area (Å²) in [6.45, 7) is 20.9. The number of thioether (sulfide) groups is 2.